The molecule has 37 heavy (non-hydrogen) atoms. The number of nitrogens with zero attached hydrogens (tertiary/aromatic N) is 3. The summed E-state index contributed by atoms with van der Waals surface area (Å²) in [5, 5.41) is 0. The molecule has 0 saturated carbocycles. The SMILES string of the molecule is COc1cccc(F)c1N1CCC(N2CN(Cc3ccccc3C(F)(F)F)c3c(OC)cccc32)CC1. The van der Waals surface area contributed by atoms with E-state index < -0.39 is 11.7 Å². The molecule has 0 aliphatic carbocycles. The Balaban J connectivity index is 1.40. The highest BCUT2D eigenvalue weighted by molar-refractivity contribution is 5.82. The van der Waals surface area contributed by atoms with Crippen LogP contribution in [0.15, 0.2) is 60.7 Å². The topological polar surface area (TPSA) is 28.2 Å². The molecule has 5 rings (SSSR count). The van der Waals surface area contributed by atoms with Crippen LogP contribution < -0.4 is 24.2 Å². The van der Waals surface area contributed by atoms with Crippen molar-refractivity contribution in [2.75, 3.05) is 48.7 Å². The zero-order valence-corrected chi connectivity index (χ0v) is 20.8. The van der Waals surface area contributed by atoms with E-state index in [1.54, 1.807) is 25.3 Å². The van der Waals surface area contributed by atoms with E-state index in [-0.39, 0.29) is 24.0 Å². The van der Waals surface area contributed by atoms with Crippen LogP contribution in [0.3, 0.4) is 0 Å². The molecule has 1 fully saturated rings. The summed E-state index contributed by atoms with van der Waals surface area (Å²) in [6, 6.07) is 16.4. The Morgan fingerprint density at radius 3 is 2.16 bits per heavy atom. The van der Waals surface area contributed by atoms with E-state index >= 15 is 0 Å². The summed E-state index contributed by atoms with van der Waals surface area (Å²) in [5.74, 6) is 0.811. The zero-order chi connectivity index (χ0) is 26.2. The fourth-order valence-corrected chi connectivity index (χ4v) is 5.51. The van der Waals surface area contributed by atoms with E-state index in [9.17, 15) is 17.6 Å². The molecule has 0 spiro atoms. The third kappa shape index (κ3) is 4.74. The quantitative estimate of drug-likeness (QED) is 0.359. The normalized spacial score (nSPS) is 16.2. The van der Waals surface area contributed by atoms with Gasteiger partial charge in [0.25, 0.3) is 0 Å². The number of methoxy groups -OCH3 is 2. The second kappa shape index (κ2) is 10.0. The Hall–Kier alpha value is -3.62. The summed E-state index contributed by atoms with van der Waals surface area (Å²) in [6.07, 6.45) is -2.90. The molecule has 3 aromatic carbocycles. The molecule has 0 radical (unpaired) electrons. The van der Waals surface area contributed by atoms with Crippen LogP contribution in [-0.2, 0) is 12.7 Å². The number of alkyl halides is 3. The summed E-state index contributed by atoms with van der Waals surface area (Å²) in [4.78, 5) is 6.19. The van der Waals surface area contributed by atoms with Gasteiger partial charge in [0.15, 0.2) is 0 Å². The van der Waals surface area contributed by atoms with E-state index in [0.717, 1.165) is 30.3 Å². The lowest BCUT2D eigenvalue weighted by Crippen LogP contribution is -2.46. The number of rotatable bonds is 6. The summed E-state index contributed by atoms with van der Waals surface area (Å²) < 4.78 is 66.7. The van der Waals surface area contributed by atoms with Gasteiger partial charge in [0.05, 0.1) is 32.1 Å². The maximum atomic E-state index is 14.6. The van der Waals surface area contributed by atoms with Crippen molar-refractivity contribution < 1.29 is 27.0 Å². The maximum absolute atomic E-state index is 14.6. The van der Waals surface area contributed by atoms with Crippen LogP contribution in [0.2, 0.25) is 0 Å². The summed E-state index contributed by atoms with van der Waals surface area (Å²) in [6.45, 7) is 1.81. The number of halogens is 4. The predicted octanol–water partition coefficient (Wildman–Crippen LogP) is 6.31. The van der Waals surface area contributed by atoms with Gasteiger partial charge in [-0.2, -0.15) is 13.2 Å². The Labute approximate surface area is 213 Å². The number of hydrogen-bond acceptors (Lipinski definition) is 5. The first-order chi connectivity index (χ1) is 17.8. The fourth-order valence-electron chi connectivity index (χ4n) is 5.51. The minimum Gasteiger partial charge on any atom is -0.495 e. The largest absolute Gasteiger partial charge is 0.495 e. The van der Waals surface area contributed by atoms with Crippen molar-refractivity contribution >= 4 is 17.1 Å². The predicted molar refractivity (Wildman–Crippen MR) is 136 cm³/mol. The lowest BCUT2D eigenvalue weighted by molar-refractivity contribution is -0.138. The van der Waals surface area contributed by atoms with E-state index in [1.165, 1.54) is 25.3 Å². The van der Waals surface area contributed by atoms with E-state index in [4.69, 9.17) is 9.47 Å². The molecule has 0 aromatic heterocycles. The smallest absolute Gasteiger partial charge is 0.416 e. The molecule has 2 aliphatic heterocycles. The van der Waals surface area contributed by atoms with Gasteiger partial charge in [0.1, 0.15) is 28.7 Å². The first-order valence-corrected chi connectivity index (χ1v) is 12.2. The van der Waals surface area contributed by atoms with Crippen molar-refractivity contribution in [3.8, 4) is 11.5 Å². The van der Waals surface area contributed by atoms with Gasteiger partial charge in [-0.3, -0.25) is 0 Å². The summed E-state index contributed by atoms with van der Waals surface area (Å²) in [5.41, 5.74) is 1.79. The number of para-hydroxylation sites is 2. The summed E-state index contributed by atoms with van der Waals surface area (Å²) in [7, 11) is 3.10. The van der Waals surface area contributed by atoms with Gasteiger partial charge in [0, 0.05) is 25.7 Å². The highest BCUT2D eigenvalue weighted by Crippen LogP contribution is 2.46. The molecule has 5 nitrogen and oxygen atoms in total. The van der Waals surface area contributed by atoms with Crippen molar-refractivity contribution in [2.24, 2.45) is 0 Å². The molecule has 0 atom stereocenters. The van der Waals surface area contributed by atoms with Gasteiger partial charge < -0.3 is 24.2 Å². The molecule has 1 saturated heterocycles. The fraction of sp³-hybridized carbons (Fsp3) is 0.357. The lowest BCUT2D eigenvalue weighted by Gasteiger charge is -2.39. The van der Waals surface area contributed by atoms with E-state index in [0.29, 0.717) is 36.9 Å². The second-order valence-electron chi connectivity index (χ2n) is 9.30. The first-order valence-electron chi connectivity index (χ1n) is 12.2. The Bertz CT molecular complexity index is 1260. The number of ether oxygens (including phenoxy) is 2. The molecular formula is C28H29F4N3O2. The van der Waals surface area contributed by atoms with Crippen LogP contribution in [0.25, 0.3) is 0 Å². The average molecular weight is 516 g/mol. The molecule has 3 aromatic rings. The van der Waals surface area contributed by atoms with Crippen LogP contribution in [0, 0.1) is 5.82 Å². The Morgan fingerprint density at radius 1 is 0.838 bits per heavy atom. The van der Waals surface area contributed by atoms with Crippen molar-refractivity contribution in [1.29, 1.82) is 0 Å². The molecule has 0 unspecified atom stereocenters. The van der Waals surface area contributed by atoms with E-state index in [1.807, 2.05) is 28.0 Å². The van der Waals surface area contributed by atoms with Gasteiger partial charge in [-0.25, -0.2) is 4.39 Å². The molecule has 2 aliphatic rings. The minimum absolute atomic E-state index is 0.102. The van der Waals surface area contributed by atoms with Gasteiger partial charge in [-0.15, -0.1) is 0 Å². The molecular weight excluding hydrogens is 486 g/mol. The van der Waals surface area contributed by atoms with Crippen LogP contribution in [0.1, 0.15) is 24.0 Å². The number of benzene rings is 3. The second-order valence-corrected chi connectivity index (χ2v) is 9.30. The van der Waals surface area contributed by atoms with Crippen LogP contribution in [0.4, 0.5) is 34.6 Å². The third-order valence-electron chi connectivity index (χ3n) is 7.22. The summed E-state index contributed by atoms with van der Waals surface area (Å²) >= 11 is 0. The van der Waals surface area contributed by atoms with Crippen LogP contribution in [0.5, 0.6) is 11.5 Å². The molecule has 196 valence electrons. The average Bonchev–Trinajstić information content (AvgIpc) is 3.27. The minimum atomic E-state index is -4.43. The van der Waals surface area contributed by atoms with Crippen LogP contribution in [-0.4, -0.2) is 40.0 Å². The highest BCUT2D eigenvalue weighted by Gasteiger charge is 2.38. The Kier molecular flexibility index (Phi) is 6.79. The zero-order valence-electron chi connectivity index (χ0n) is 20.8. The highest BCUT2D eigenvalue weighted by atomic mass is 19.4. The molecule has 2 heterocycles. The number of piperidine rings is 1. The Morgan fingerprint density at radius 2 is 1.49 bits per heavy atom. The monoisotopic (exact) mass is 515 g/mol. The van der Waals surface area contributed by atoms with Crippen molar-refractivity contribution in [1.82, 2.24) is 0 Å². The van der Waals surface area contributed by atoms with Crippen molar-refractivity contribution in [3.05, 3.63) is 77.6 Å². The molecule has 9 heteroatoms. The van der Waals surface area contributed by atoms with Gasteiger partial charge in [0.2, 0.25) is 0 Å². The first kappa shape index (κ1) is 25.0. The van der Waals surface area contributed by atoms with Crippen molar-refractivity contribution in [2.45, 2.75) is 31.6 Å². The maximum Gasteiger partial charge on any atom is 0.416 e. The number of anilines is 3. The standard InChI is InChI=1S/C28H29F4N3O2/c1-36-24-11-5-9-22(29)26(24)33-15-13-20(14-16-33)35-18-34(27-23(35)10-6-12-25(27)37-2)17-19-7-3-4-8-21(19)28(30,31)32/h3-12,20H,13-18H2,1-2H3. The number of fused-ring (bicyclic) bond motifs is 1. The van der Waals surface area contributed by atoms with Crippen LogP contribution >= 0.6 is 0 Å². The lowest BCUT2D eigenvalue weighted by atomic mass is 10.0. The van der Waals surface area contributed by atoms with E-state index in [2.05, 4.69) is 4.90 Å². The van der Waals surface area contributed by atoms with Gasteiger partial charge >= 0.3 is 6.18 Å². The van der Waals surface area contributed by atoms with Gasteiger partial charge in [-0.1, -0.05) is 30.3 Å². The molecule has 0 amide bonds. The van der Waals surface area contributed by atoms with Gasteiger partial charge in [-0.05, 0) is 48.7 Å². The third-order valence-corrected chi connectivity index (χ3v) is 7.22. The molecule has 0 N–H and O–H groups in total. The number of hydrogen-bond donors (Lipinski definition) is 0. The van der Waals surface area contributed by atoms with Crippen molar-refractivity contribution in [3.63, 3.8) is 0 Å². The molecule has 0 bridgehead atoms.